The quantitative estimate of drug-likeness (QED) is 0.362. The fourth-order valence-corrected chi connectivity index (χ4v) is 5.68. The third-order valence-corrected chi connectivity index (χ3v) is 7.81. The molecule has 210 valence electrons. The Hall–Kier alpha value is -3.75. The van der Waals surface area contributed by atoms with Gasteiger partial charge in [0, 0.05) is 63.2 Å². The first-order chi connectivity index (χ1) is 19.4. The van der Waals surface area contributed by atoms with Crippen LogP contribution in [0.15, 0.2) is 59.4 Å². The molecule has 1 fully saturated rings. The molecular weight excluding hydrogens is 530 g/mol. The highest BCUT2D eigenvalue weighted by Crippen LogP contribution is 2.36. The summed E-state index contributed by atoms with van der Waals surface area (Å²) in [6.45, 7) is 4.17. The molecule has 3 aromatic rings. The minimum atomic E-state index is 0.0494. The summed E-state index contributed by atoms with van der Waals surface area (Å²) < 4.78 is 22.2. The van der Waals surface area contributed by atoms with Gasteiger partial charge in [-0.1, -0.05) is 23.7 Å². The molecule has 1 aliphatic heterocycles. The number of aromatic nitrogens is 1. The second-order valence-electron chi connectivity index (χ2n) is 9.86. The van der Waals surface area contributed by atoms with Crippen molar-refractivity contribution in [3.05, 3.63) is 76.2 Å². The lowest BCUT2D eigenvalue weighted by Gasteiger charge is -2.38. The highest BCUT2D eigenvalue weighted by Gasteiger charge is 2.24. The van der Waals surface area contributed by atoms with Crippen LogP contribution in [0.4, 0.5) is 0 Å². The van der Waals surface area contributed by atoms with Crippen molar-refractivity contribution in [3.8, 4) is 23.0 Å². The van der Waals surface area contributed by atoms with E-state index in [-0.39, 0.29) is 5.78 Å². The van der Waals surface area contributed by atoms with E-state index in [4.69, 9.17) is 35.5 Å². The molecule has 9 heteroatoms. The second kappa shape index (κ2) is 12.2. The Bertz CT molecular complexity index is 1480. The van der Waals surface area contributed by atoms with Crippen molar-refractivity contribution in [2.45, 2.75) is 19.4 Å². The summed E-state index contributed by atoms with van der Waals surface area (Å²) in [7, 11) is 6.57. The summed E-state index contributed by atoms with van der Waals surface area (Å²) in [4.78, 5) is 21.3. The van der Waals surface area contributed by atoms with E-state index in [0.717, 1.165) is 66.0 Å². The van der Waals surface area contributed by atoms with Crippen molar-refractivity contribution in [2.75, 3.05) is 54.6 Å². The number of hydrogen-bond donors (Lipinski definition) is 0. The van der Waals surface area contributed by atoms with Gasteiger partial charge in [0.25, 0.3) is 0 Å². The first-order valence-corrected chi connectivity index (χ1v) is 13.6. The number of fused-ring (bicyclic) bond motifs is 1. The zero-order chi connectivity index (χ0) is 28.2. The van der Waals surface area contributed by atoms with E-state index in [1.54, 1.807) is 28.4 Å². The largest absolute Gasteiger partial charge is 0.493 e. The molecule has 40 heavy (non-hydrogen) atoms. The van der Waals surface area contributed by atoms with Gasteiger partial charge in [0.1, 0.15) is 0 Å². The van der Waals surface area contributed by atoms with E-state index in [9.17, 15) is 4.79 Å². The van der Waals surface area contributed by atoms with Crippen molar-refractivity contribution in [3.63, 3.8) is 0 Å². The van der Waals surface area contributed by atoms with E-state index >= 15 is 0 Å². The third kappa shape index (κ3) is 5.74. The molecular formula is C31H34ClN3O5. The molecule has 8 nitrogen and oxygen atoms in total. The Kier molecular flexibility index (Phi) is 8.47. The smallest absolute Gasteiger partial charge is 0.161 e. The van der Waals surface area contributed by atoms with Gasteiger partial charge in [-0.15, -0.1) is 0 Å². The van der Waals surface area contributed by atoms with Crippen molar-refractivity contribution < 1.29 is 23.7 Å². The Morgan fingerprint density at radius 3 is 2.15 bits per heavy atom. The molecule has 0 atom stereocenters. The number of pyridine rings is 1. The lowest BCUT2D eigenvalue weighted by molar-refractivity contribution is -0.114. The topological polar surface area (TPSA) is 73.4 Å². The number of halogens is 1. The molecule has 1 aromatic heterocycles. The van der Waals surface area contributed by atoms with Gasteiger partial charge in [-0.25, -0.2) is 0 Å². The molecule has 1 aliphatic carbocycles. The molecule has 0 N–H and O–H groups in total. The van der Waals surface area contributed by atoms with Gasteiger partial charge < -0.3 is 23.8 Å². The lowest BCUT2D eigenvalue weighted by atomic mass is 9.99. The monoisotopic (exact) mass is 563 g/mol. The molecule has 0 unspecified atom stereocenters. The number of carbonyl (C=O) groups is 1. The molecule has 1 saturated heterocycles. The van der Waals surface area contributed by atoms with Crippen LogP contribution in [0.2, 0.25) is 0 Å². The maximum absolute atomic E-state index is 11.7. The normalized spacial score (nSPS) is 16.0. The second-order valence-corrected chi connectivity index (χ2v) is 10.3. The number of carbonyl (C=O) groups excluding carboxylic acids is 1. The van der Waals surface area contributed by atoms with Crippen molar-refractivity contribution in [2.24, 2.45) is 0 Å². The highest BCUT2D eigenvalue weighted by molar-refractivity contribution is 6.33. The fourth-order valence-electron chi connectivity index (χ4n) is 5.37. The number of allylic oxidation sites excluding steroid dienone is 3. The minimum absolute atomic E-state index is 0.0494. The molecule has 5 rings (SSSR count). The number of piperazine rings is 1. The van der Waals surface area contributed by atoms with Crippen LogP contribution < -0.4 is 18.9 Å². The molecule has 2 heterocycles. The summed E-state index contributed by atoms with van der Waals surface area (Å²) in [6.07, 6.45) is 6.48. The summed E-state index contributed by atoms with van der Waals surface area (Å²) in [5.41, 5.74) is 4.10. The minimum Gasteiger partial charge on any atom is -0.493 e. The van der Waals surface area contributed by atoms with Gasteiger partial charge >= 0.3 is 0 Å². The average Bonchev–Trinajstić information content (AvgIpc) is 2.98. The number of methoxy groups -OCH3 is 4. The van der Waals surface area contributed by atoms with Crippen LogP contribution in [0, 0.1) is 0 Å². The Balaban J connectivity index is 1.41. The SMILES string of the molecule is COc1ccc(Cc2ncc(CN3CCN(C4=CCC(=O)C=C4Cl)CC3)c3cc(OC)c(OC)cc23)cc1OC. The van der Waals surface area contributed by atoms with Gasteiger partial charge in [0.2, 0.25) is 0 Å². The number of ether oxygens (including phenoxy) is 4. The van der Waals surface area contributed by atoms with Crippen LogP contribution in [-0.4, -0.2) is 75.2 Å². The van der Waals surface area contributed by atoms with E-state index in [1.165, 1.54) is 6.08 Å². The standard InChI is InChI=1S/C31H34ClN3O5/c1-37-28-8-5-20(14-29(28)38-2)13-26-24-17-31(40-4)30(39-3)16-23(24)21(18-33-26)19-34-9-11-35(12-10-34)27-7-6-22(36)15-25(27)32/h5,7-8,14-18H,6,9-13,19H2,1-4H3. The maximum Gasteiger partial charge on any atom is 0.161 e. The Morgan fingerprint density at radius 1 is 0.850 bits per heavy atom. The molecule has 0 saturated carbocycles. The van der Waals surface area contributed by atoms with E-state index in [1.807, 2.05) is 42.6 Å². The van der Waals surface area contributed by atoms with Crippen LogP contribution in [-0.2, 0) is 17.8 Å². The number of nitrogens with zero attached hydrogens (tertiary/aromatic N) is 3. The van der Waals surface area contributed by atoms with Crippen molar-refractivity contribution in [1.82, 2.24) is 14.8 Å². The highest BCUT2D eigenvalue weighted by atomic mass is 35.5. The van der Waals surface area contributed by atoms with Gasteiger partial charge in [0.15, 0.2) is 28.8 Å². The lowest BCUT2D eigenvalue weighted by Crippen LogP contribution is -2.45. The van der Waals surface area contributed by atoms with E-state index in [0.29, 0.717) is 40.9 Å². The zero-order valence-corrected chi connectivity index (χ0v) is 24.1. The number of rotatable bonds is 9. The number of benzene rings is 2. The summed E-state index contributed by atoms with van der Waals surface area (Å²) in [5.74, 6) is 2.78. The van der Waals surface area contributed by atoms with Crippen LogP contribution in [0.1, 0.15) is 23.2 Å². The number of ketones is 1. The first-order valence-electron chi connectivity index (χ1n) is 13.2. The van der Waals surface area contributed by atoms with Gasteiger partial charge in [-0.2, -0.15) is 0 Å². The third-order valence-electron chi connectivity index (χ3n) is 7.51. The average molecular weight is 564 g/mol. The van der Waals surface area contributed by atoms with Crippen LogP contribution in [0.3, 0.4) is 0 Å². The molecule has 0 bridgehead atoms. The van der Waals surface area contributed by atoms with Crippen molar-refractivity contribution in [1.29, 1.82) is 0 Å². The molecule has 0 spiro atoms. The maximum atomic E-state index is 11.7. The van der Waals surface area contributed by atoms with Gasteiger partial charge in [-0.05, 0) is 40.8 Å². The molecule has 2 aromatic carbocycles. The molecule has 0 radical (unpaired) electrons. The van der Waals surface area contributed by atoms with Crippen LogP contribution >= 0.6 is 11.6 Å². The molecule has 0 amide bonds. The zero-order valence-electron chi connectivity index (χ0n) is 23.3. The Labute approximate surface area is 239 Å². The predicted molar refractivity (Wildman–Crippen MR) is 156 cm³/mol. The summed E-state index contributed by atoms with van der Waals surface area (Å²) >= 11 is 6.37. The fraction of sp³-hybridized carbons (Fsp3) is 0.355. The predicted octanol–water partition coefficient (Wildman–Crippen LogP) is 4.96. The molecule has 2 aliphatic rings. The van der Waals surface area contributed by atoms with Crippen molar-refractivity contribution >= 4 is 28.2 Å². The first kappa shape index (κ1) is 27.8. The van der Waals surface area contributed by atoms with Crippen LogP contribution in [0.25, 0.3) is 10.8 Å². The van der Waals surface area contributed by atoms with Gasteiger partial charge in [0.05, 0.1) is 44.9 Å². The Morgan fingerprint density at radius 2 is 1.50 bits per heavy atom. The summed E-state index contributed by atoms with van der Waals surface area (Å²) in [5, 5.41) is 2.65. The van der Waals surface area contributed by atoms with E-state index in [2.05, 4.69) is 9.80 Å². The summed E-state index contributed by atoms with van der Waals surface area (Å²) in [6, 6.07) is 10.00. The van der Waals surface area contributed by atoms with Crippen LogP contribution in [0.5, 0.6) is 23.0 Å². The van der Waals surface area contributed by atoms with E-state index < -0.39 is 0 Å². The van der Waals surface area contributed by atoms with Gasteiger partial charge in [-0.3, -0.25) is 14.7 Å². The number of hydrogen-bond acceptors (Lipinski definition) is 8.